The number of nitrogens with zero attached hydrogens (tertiary/aromatic N) is 2. The molecule has 0 spiro atoms. The summed E-state index contributed by atoms with van der Waals surface area (Å²) in [6, 6.07) is 8.74. The summed E-state index contributed by atoms with van der Waals surface area (Å²) in [4.78, 5) is 41.8. The van der Waals surface area contributed by atoms with Crippen LogP contribution in [0.1, 0.15) is 59.4 Å². The van der Waals surface area contributed by atoms with Crippen LogP contribution in [-0.4, -0.2) is 47.3 Å². The number of imide groups is 1. The highest BCUT2D eigenvalue weighted by Gasteiger charge is 2.51. The fourth-order valence-electron chi connectivity index (χ4n) is 3.56. The van der Waals surface area contributed by atoms with Crippen molar-refractivity contribution in [2.24, 2.45) is 11.8 Å². The standard InChI is InChI=1S/C23H35N3O3/c1-6-23(19-10-8-7-9-11-19)21(28)26(22(29)24-23)16-20(27)25(14-12-17(2)3)15-13-18(4)5/h7-11,17-18H,6,12-16H2,1-5H3,(H,24,29)/t23-/m1/s1. The Kier molecular flexibility index (Phi) is 7.82. The molecule has 0 aromatic heterocycles. The van der Waals surface area contributed by atoms with Crippen LogP contribution >= 0.6 is 0 Å². The van der Waals surface area contributed by atoms with E-state index in [9.17, 15) is 14.4 Å². The third kappa shape index (κ3) is 5.37. The summed E-state index contributed by atoms with van der Waals surface area (Å²) >= 11 is 0. The molecule has 6 heteroatoms. The molecule has 0 saturated carbocycles. The van der Waals surface area contributed by atoms with Crippen LogP contribution < -0.4 is 5.32 Å². The van der Waals surface area contributed by atoms with Gasteiger partial charge in [0, 0.05) is 13.1 Å². The lowest BCUT2D eigenvalue weighted by molar-refractivity contribution is -0.139. The summed E-state index contributed by atoms with van der Waals surface area (Å²) in [5.74, 6) is 0.436. The molecule has 160 valence electrons. The number of amides is 4. The second kappa shape index (κ2) is 9.90. The Labute approximate surface area is 174 Å². The molecule has 1 aromatic rings. The van der Waals surface area contributed by atoms with Crippen LogP contribution in [0.2, 0.25) is 0 Å². The molecule has 1 heterocycles. The SMILES string of the molecule is CC[C@]1(c2ccccc2)NC(=O)N(CC(=O)N(CCC(C)C)CCC(C)C)C1=O. The van der Waals surface area contributed by atoms with E-state index in [1.165, 1.54) is 0 Å². The molecule has 1 aromatic carbocycles. The summed E-state index contributed by atoms with van der Waals surface area (Å²) < 4.78 is 0. The predicted octanol–water partition coefficient (Wildman–Crippen LogP) is 3.76. The molecule has 1 aliphatic rings. The molecule has 1 N–H and O–H groups in total. The Morgan fingerprint density at radius 1 is 1.03 bits per heavy atom. The van der Waals surface area contributed by atoms with E-state index in [4.69, 9.17) is 0 Å². The van der Waals surface area contributed by atoms with E-state index < -0.39 is 11.6 Å². The molecular weight excluding hydrogens is 366 g/mol. The van der Waals surface area contributed by atoms with E-state index in [1.54, 1.807) is 4.90 Å². The van der Waals surface area contributed by atoms with Crippen LogP contribution in [0, 0.1) is 11.8 Å². The average molecular weight is 402 g/mol. The highest BCUT2D eigenvalue weighted by molar-refractivity contribution is 6.09. The number of carbonyl (C=O) groups is 3. The molecule has 29 heavy (non-hydrogen) atoms. The Morgan fingerprint density at radius 3 is 2.07 bits per heavy atom. The summed E-state index contributed by atoms with van der Waals surface area (Å²) in [5.41, 5.74) is -0.355. The number of rotatable bonds is 10. The van der Waals surface area contributed by atoms with Crippen LogP contribution in [0.15, 0.2) is 30.3 Å². The molecular formula is C23H35N3O3. The molecule has 0 unspecified atom stereocenters. The molecule has 1 atom stereocenters. The van der Waals surface area contributed by atoms with Gasteiger partial charge in [0.25, 0.3) is 5.91 Å². The van der Waals surface area contributed by atoms with Gasteiger partial charge in [0.15, 0.2) is 0 Å². The van der Waals surface area contributed by atoms with Gasteiger partial charge in [-0.3, -0.25) is 14.5 Å². The first kappa shape index (κ1) is 22.9. The Hall–Kier alpha value is -2.37. The normalized spacial score (nSPS) is 19.2. The molecule has 0 bridgehead atoms. The number of carbonyl (C=O) groups excluding carboxylic acids is 3. The van der Waals surface area contributed by atoms with Crippen molar-refractivity contribution in [2.45, 2.75) is 59.4 Å². The maximum absolute atomic E-state index is 13.2. The van der Waals surface area contributed by atoms with E-state index >= 15 is 0 Å². The van der Waals surface area contributed by atoms with Gasteiger partial charge >= 0.3 is 6.03 Å². The van der Waals surface area contributed by atoms with E-state index in [2.05, 4.69) is 33.0 Å². The summed E-state index contributed by atoms with van der Waals surface area (Å²) in [5, 5.41) is 2.84. The maximum Gasteiger partial charge on any atom is 0.325 e. The second-order valence-corrected chi connectivity index (χ2v) is 8.69. The lowest BCUT2D eigenvalue weighted by atomic mass is 9.87. The number of nitrogens with one attached hydrogen (secondary N) is 1. The minimum Gasteiger partial charge on any atom is -0.341 e. The van der Waals surface area contributed by atoms with E-state index in [0.717, 1.165) is 23.3 Å². The molecule has 6 nitrogen and oxygen atoms in total. The maximum atomic E-state index is 13.2. The first-order valence-corrected chi connectivity index (χ1v) is 10.7. The highest BCUT2D eigenvalue weighted by Crippen LogP contribution is 2.32. The van der Waals surface area contributed by atoms with Gasteiger partial charge in [0.1, 0.15) is 12.1 Å². The summed E-state index contributed by atoms with van der Waals surface area (Å²) in [6.45, 7) is 11.4. The Morgan fingerprint density at radius 2 is 1.59 bits per heavy atom. The van der Waals surface area contributed by atoms with Crippen molar-refractivity contribution < 1.29 is 14.4 Å². The van der Waals surface area contributed by atoms with Gasteiger partial charge in [-0.25, -0.2) is 4.79 Å². The minimum absolute atomic E-state index is 0.172. The van der Waals surface area contributed by atoms with Crippen molar-refractivity contribution in [3.8, 4) is 0 Å². The second-order valence-electron chi connectivity index (χ2n) is 8.69. The topological polar surface area (TPSA) is 69.7 Å². The molecule has 0 radical (unpaired) electrons. The van der Waals surface area contributed by atoms with Crippen molar-refractivity contribution in [3.05, 3.63) is 35.9 Å². The van der Waals surface area contributed by atoms with Crippen LogP contribution in [0.25, 0.3) is 0 Å². The van der Waals surface area contributed by atoms with Gasteiger partial charge in [-0.1, -0.05) is 65.0 Å². The van der Waals surface area contributed by atoms with Crippen molar-refractivity contribution in [1.82, 2.24) is 15.1 Å². The first-order valence-electron chi connectivity index (χ1n) is 10.7. The zero-order chi connectivity index (χ0) is 21.6. The smallest absolute Gasteiger partial charge is 0.325 e. The molecule has 1 aliphatic heterocycles. The van der Waals surface area contributed by atoms with Crippen LogP contribution in [0.5, 0.6) is 0 Å². The number of urea groups is 1. The van der Waals surface area contributed by atoms with Gasteiger partial charge in [-0.2, -0.15) is 0 Å². The van der Waals surface area contributed by atoms with Gasteiger partial charge in [0.05, 0.1) is 0 Å². The Balaban J connectivity index is 2.17. The lowest BCUT2D eigenvalue weighted by Crippen LogP contribution is -2.46. The minimum atomic E-state index is -1.10. The van der Waals surface area contributed by atoms with Crippen LogP contribution in [0.4, 0.5) is 4.79 Å². The van der Waals surface area contributed by atoms with E-state index in [1.807, 2.05) is 37.3 Å². The number of benzene rings is 1. The molecule has 2 rings (SSSR count). The molecule has 0 aliphatic carbocycles. The Bertz CT molecular complexity index is 705. The predicted molar refractivity (Wildman–Crippen MR) is 114 cm³/mol. The fraction of sp³-hybridized carbons (Fsp3) is 0.609. The average Bonchev–Trinajstić information content (AvgIpc) is 2.93. The van der Waals surface area contributed by atoms with Crippen molar-refractivity contribution >= 4 is 17.8 Å². The fourth-order valence-corrected chi connectivity index (χ4v) is 3.56. The quantitative estimate of drug-likeness (QED) is 0.607. The molecule has 1 fully saturated rings. The summed E-state index contributed by atoms with van der Waals surface area (Å²) in [6.07, 6.45) is 2.22. The van der Waals surface area contributed by atoms with E-state index in [0.29, 0.717) is 31.3 Å². The highest BCUT2D eigenvalue weighted by atomic mass is 16.2. The van der Waals surface area contributed by atoms with Crippen molar-refractivity contribution in [2.75, 3.05) is 19.6 Å². The monoisotopic (exact) mass is 401 g/mol. The van der Waals surface area contributed by atoms with Gasteiger partial charge < -0.3 is 10.2 Å². The molecule has 1 saturated heterocycles. The van der Waals surface area contributed by atoms with Gasteiger partial charge in [-0.15, -0.1) is 0 Å². The lowest BCUT2D eigenvalue weighted by Gasteiger charge is -2.27. The molecule has 4 amide bonds. The summed E-state index contributed by atoms with van der Waals surface area (Å²) in [7, 11) is 0. The van der Waals surface area contributed by atoms with Crippen molar-refractivity contribution in [3.63, 3.8) is 0 Å². The number of hydrogen-bond donors (Lipinski definition) is 1. The number of hydrogen-bond acceptors (Lipinski definition) is 3. The van der Waals surface area contributed by atoms with Crippen LogP contribution in [-0.2, 0) is 15.1 Å². The first-order chi connectivity index (χ1) is 13.7. The van der Waals surface area contributed by atoms with Gasteiger partial charge in [-0.05, 0) is 36.7 Å². The zero-order valence-electron chi connectivity index (χ0n) is 18.4. The third-order valence-corrected chi connectivity index (χ3v) is 5.57. The van der Waals surface area contributed by atoms with E-state index in [-0.39, 0.29) is 18.4 Å². The zero-order valence-corrected chi connectivity index (χ0v) is 18.4. The van der Waals surface area contributed by atoms with Gasteiger partial charge in [0.2, 0.25) is 5.91 Å². The van der Waals surface area contributed by atoms with Crippen molar-refractivity contribution in [1.29, 1.82) is 0 Å². The largest absolute Gasteiger partial charge is 0.341 e. The third-order valence-electron chi connectivity index (χ3n) is 5.57. The van der Waals surface area contributed by atoms with Crippen LogP contribution in [0.3, 0.4) is 0 Å².